The molecule has 0 N–H and O–H groups in total. The predicted molar refractivity (Wildman–Crippen MR) is 245 cm³/mol. The minimum absolute atomic E-state index is 0.00309. The molecule has 9 nitrogen and oxygen atoms in total. The molecule has 0 spiro atoms. The number of hydrogen-bond acceptors (Lipinski definition) is 8. The van der Waals surface area contributed by atoms with Crippen molar-refractivity contribution in [2.45, 2.75) is 221 Å². The molecule has 0 aliphatic carbocycles. The van der Waals surface area contributed by atoms with Gasteiger partial charge in [-0.25, -0.2) is 4.79 Å². The smallest absolute Gasteiger partial charge is 0.409 e. The van der Waals surface area contributed by atoms with E-state index in [9.17, 15) is 14.4 Å². The Labute approximate surface area is 359 Å². The van der Waals surface area contributed by atoms with Crippen molar-refractivity contribution in [3.8, 4) is 0 Å². The van der Waals surface area contributed by atoms with Crippen LogP contribution in [0.1, 0.15) is 221 Å². The van der Waals surface area contributed by atoms with Crippen LogP contribution in [0.2, 0.25) is 0 Å². The monoisotopic (exact) mass is 824 g/mol. The topological polar surface area (TPSA) is 88.6 Å². The molecule has 0 saturated heterocycles. The van der Waals surface area contributed by atoms with Crippen LogP contribution in [0.5, 0.6) is 0 Å². The molecule has 58 heavy (non-hydrogen) atoms. The minimum Gasteiger partial charge on any atom is -0.466 e. The van der Waals surface area contributed by atoms with E-state index < -0.39 is 0 Å². The second-order valence-electron chi connectivity index (χ2n) is 16.8. The molecule has 0 unspecified atom stereocenters. The first kappa shape index (κ1) is 56.1. The molecule has 0 aromatic rings. The summed E-state index contributed by atoms with van der Waals surface area (Å²) in [6, 6.07) is 0. The molecular formula is C49H97N3O6. The number of ether oxygens (including phenoxy) is 3. The lowest BCUT2D eigenvalue weighted by Gasteiger charge is -2.26. The summed E-state index contributed by atoms with van der Waals surface area (Å²) in [6.07, 6.45) is 30.5. The number of hydrogen-bond donors (Lipinski definition) is 0. The van der Waals surface area contributed by atoms with Crippen molar-refractivity contribution in [2.75, 3.05) is 72.2 Å². The van der Waals surface area contributed by atoms with Gasteiger partial charge in [0, 0.05) is 32.6 Å². The fourth-order valence-corrected chi connectivity index (χ4v) is 7.60. The van der Waals surface area contributed by atoms with E-state index in [1.54, 1.807) is 0 Å². The summed E-state index contributed by atoms with van der Waals surface area (Å²) in [5.74, 6) is -0.134. The van der Waals surface area contributed by atoms with Crippen LogP contribution >= 0.6 is 0 Å². The zero-order valence-electron chi connectivity index (χ0n) is 39.4. The normalized spacial score (nSPS) is 11.5. The Morgan fingerprint density at radius 3 is 1.38 bits per heavy atom. The fraction of sp³-hybridized carbons (Fsp3) is 0.939. The standard InChI is InChI=1S/C49H97N3O6/c1-7-13-17-21-23-27-34-46(35-28-24-22-18-14-8-2)48(54)57-44-41-51(38-33-37-50(11-5)12-6)42-45-58-49(55)52(39-30-20-16-10-4)40-31-26-29-36-47(53)56-43-32-25-19-15-9-3/h46H,7-45H2,1-6H3. The van der Waals surface area contributed by atoms with E-state index in [-0.39, 0.29) is 23.9 Å². The number of carbonyl (C=O) groups excluding carboxylic acids is 3. The van der Waals surface area contributed by atoms with Gasteiger partial charge in [0.05, 0.1) is 12.5 Å². The second-order valence-corrected chi connectivity index (χ2v) is 16.8. The van der Waals surface area contributed by atoms with Crippen LogP contribution in [-0.4, -0.2) is 105 Å². The predicted octanol–water partition coefficient (Wildman–Crippen LogP) is 12.8. The highest BCUT2D eigenvalue weighted by atomic mass is 16.6. The lowest BCUT2D eigenvalue weighted by atomic mass is 9.94. The maximum absolute atomic E-state index is 13.4. The Balaban J connectivity index is 5.12. The molecule has 0 aliphatic heterocycles. The lowest BCUT2D eigenvalue weighted by molar-refractivity contribution is -0.149. The van der Waals surface area contributed by atoms with E-state index in [1.165, 1.54) is 83.5 Å². The maximum Gasteiger partial charge on any atom is 0.409 e. The van der Waals surface area contributed by atoms with Gasteiger partial charge in [0.2, 0.25) is 0 Å². The Kier molecular flexibility index (Phi) is 41.8. The Bertz CT molecular complexity index is 901. The van der Waals surface area contributed by atoms with Gasteiger partial charge in [-0.05, 0) is 71.1 Å². The van der Waals surface area contributed by atoms with Crippen molar-refractivity contribution < 1.29 is 28.6 Å². The average Bonchev–Trinajstić information content (AvgIpc) is 3.22. The summed E-state index contributed by atoms with van der Waals surface area (Å²) >= 11 is 0. The van der Waals surface area contributed by atoms with Gasteiger partial charge in [0.15, 0.2) is 0 Å². The first-order valence-corrected chi connectivity index (χ1v) is 25.0. The average molecular weight is 824 g/mol. The molecule has 0 rings (SSSR count). The first-order chi connectivity index (χ1) is 28.4. The number of nitrogens with zero attached hydrogens (tertiary/aromatic N) is 3. The van der Waals surface area contributed by atoms with Gasteiger partial charge in [0.25, 0.3) is 0 Å². The van der Waals surface area contributed by atoms with Crippen LogP contribution < -0.4 is 0 Å². The van der Waals surface area contributed by atoms with Crippen molar-refractivity contribution in [1.29, 1.82) is 0 Å². The first-order valence-electron chi connectivity index (χ1n) is 25.0. The maximum atomic E-state index is 13.4. The van der Waals surface area contributed by atoms with Crippen molar-refractivity contribution in [3.05, 3.63) is 0 Å². The molecule has 1 amide bonds. The van der Waals surface area contributed by atoms with Crippen LogP contribution in [0.3, 0.4) is 0 Å². The van der Waals surface area contributed by atoms with Crippen LogP contribution in [0.4, 0.5) is 4.79 Å². The molecule has 9 heteroatoms. The van der Waals surface area contributed by atoms with Gasteiger partial charge in [-0.15, -0.1) is 0 Å². The van der Waals surface area contributed by atoms with Gasteiger partial charge >= 0.3 is 18.0 Å². The van der Waals surface area contributed by atoms with Crippen LogP contribution in [0, 0.1) is 5.92 Å². The van der Waals surface area contributed by atoms with Gasteiger partial charge in [-0.2, -0.15) is 0 Å². The van der Waals surface area contributed by atoms with E-state index in [4.69, 9.17) is 14.2 Å². The van der Waals surface area contributed by atoms with Crippen LogP contribution in [-0.2, 0) is 23.8 Å². The quantitative estimate of drug-likeness (QED) is 0.0341. The highest BCUT2D eigenvalue weighted by Gasteiger charge is 2.21. The number of amides is 1. The van der Waals surface area contributed by atoms with E-state index in [1.807, 2.05) is 4.90 Å². The number of carbonyl (C=O) groups is 3. The Morgan fingerprint density at radius 1 is 0.397 bits per heavy atom. The SMILES string of the molecule is CCCCCCCCC(CCCCCCCC)C(=O)OCCN(CCCN(CC)CC)CCOC(=O)N(CCCCCC)CCCCCC(=O)OCCCCCCC. The van der Waals surface area contributed by atoms with Crippen LogP contribution in [0.25, 0.3) is 0 Å². The van der Waals surface area contributed by atoms with Crippen molar-refractivity contribution >= 4 is 18.0 Å². The molecule has 0 fully saturated rings. The van der Waals surface area contributed by atoms with Gasteiger partial charge in [0.1, 0.15) is 13.2 Å². The van der Waals surface area contributed by atoms with E-state index in [0.29, 0.717) is 52.4 Å². The molecule has 0 heterocycles. The molecule has 0 radical (unpaired) electrons. The van der Waals surface area contributed by atoms with Crippen molar-refractivity contribution in [3.63, 3.8) is 0 Å². The zero-order valence-corrected chi connectivity index (χ0v) is 39.4. The molecule has 0 atom stereocenters. The molecule has 0 saturated carbocycles. The number of esters is 2. The third-order valence-corrected chi connectivity index (χ3v) is 11.6. The summed E-state index contributed by atoms with van der Waals surface area (Å²) in [6.45, 7) is 21.0. The summed E-state index contributed by atoms with van der Waals surface area (Å²) in [5, 5.41) is 0. The third-order valence-electron chi connectivity index (χ3n) is 11.6. The van der Waals surface area contributed by atoms with Gasteiger partial charge in [-0.3, -0.25) is 14.5 Å². The highest BCUT2D eigenvalue weighted by Crippen LogP contribution is 2.21. The molecule has 0 aliphatic rings. The minimum atomic E-state index is -0.249. The Hall–Kier alpha value is -1.87. The number of rotatable bonds is 44. The summed E-state index contributed by atoms with van der Waals surface area (Å²) in [5.41, 5.74) is 0. The van der Waals surface area contributed by atoms with Crippen molar-refractivity contribution in [1.82, 2.24) is 14.7 Å². The molecule has 0 aromatic carbocycles. The van der Waals surface area contributed by atoms with E-state index in [0.717, 1.165) is 116 Å². The zero-order chi connectivity index (χ0) is 42.7. The number of unbranched alkanes of at least 4 members (excludes halogenated alkanes) is 19. The molecule has 344 valence electrons. The van der Waals surface area contributed by atoms with Crippen LogP contribution in [0.15, 0.2) is 0 Å². The van der Waals surface area contributed by atoms with E-state index >= 15 is 0 Å². The van der Waals surface area contributed by atoms with Crippen molar-refractivity contribution in [2.24, 2.45) is 5.92 Å². The second kappa shape index (κ2) is 43.2. The highest BCUT2D eigenvalue weighted by molar-refractivity contribution is 5.72. The summed E-state index contributed by atoms with van der Waals surface area (Å²) in [4.78, 5) is 45.6. The van der Waals surface area contributed by atoms with Gasteiger partial charge in [-0.1, -0.05) is 170 Å². The van der Waals surface area contributed by atoms with E-state index in [2.05, 4.69) is 51.3 Å². The largest absolute Gasteiger partial charge is 0.466 e. The third kappa shape index (κ3) is 34.9. The summed E-state index contributed by atoms with van der Waals surface area (Å²) < 4.78 is 17.3. The molecule has 0 bridgehead atoms. The van der Waals surface area contributed by atoms with Gasteiger partial charge < -0.3 is 24.0 Å². The summed E-state index contributed by atoms with van der Waals surface area (Å²) in [7, 11) is 0. The lowest BCUT2D eigenvalue weighted by Crippen LogP contribution is -2.38. The fourth-order valence-electron chi connectivity index (χ4n) is 7.60. The Morgan fingerprint density at radius 2 is 0.845 bits per heavy atom. The molecular weight excluding hydrogens is 727 g/mol. The molecule has 0 aromatic heterocycles.